The van der Waals surface area contributed by atoms with Gasteiger partial charge in [0, 0.05) is 23.9 Å². The van der Waals surface area contributed by atoms with Crippen molar-refractivity contribution in [3.05, 3.63) is 21.9 Å². The Balaban J connectivity index is 1.72. The highest BCUT2D eigenvalue weighted by molar-refractivity contribution is 7.14. The molecule has 1 unspecified atom stereocenters. The third kappa shape index (κ3) is 5.16. The largest absolute Gasteiger partial charge is 0.456 e. The van der Waals surface area contributed by atoms with E-state index in [2.05, 4.69) is 6.92 Å². The van der Waals surface area contributed by atoms with Crippen LogP contribution in [0.5, 0.6) is 0 Å². The quantitative estimate of drug-likeness (QED) is 0.558. The molecule has 1 aliphatic heterocycles. The number of Topliss-reactive ketones (excluding diaryl/α,β-unsaturated/α-hetero) is 1. The van der Waals surface area contributed by atoms with Gasteiger partial charge in [-0.15, -0.1) is 11.3 Å². The highest BCUT2D eigenvalue weighted by Gasteiger charge is 2.25. The molecule has 0 aromatic carbocycles. The molecule has 1 aromatic rings. The number of ketones is 1. The van der Waals surface area contributed by atoms with E-state index < -0.39 is 5.97 Å². The Morgan fingerprint density at radius 2 is 2.04 bits per heavy atom. The molecule has 0 N–H and O–H groups in total. The van der Waals surface area contributed by atoms with Gasteiger partial charge in [-0.05, 0) is 44.7 Å². The molecule has 0 radical (unpaired) electrons. The summed E-state index contributed by atoms with van der Waals surface area (Å²) in [6, 6.07) is 3.92. The van der Waals surface area contributed by atoms with Crippen LogP contribution in [0.25, 0.3) is 0 Å². The van der Waals surface area contributed by atoms with E-state index in [9.17, 15) is 14.4 Å². The minimum absolute atomic E-state index is 0.0142. The van der Waals surface area contributed by atoms with Crippen LogP contribution in [0.1, 0.15) is 60.0 Å². The van der Waals surface area contributed by atoms with Crippen molar-refractivity contribution in [2.75, 3.05) is 13.2 Å². The third-order valence-electron chi connectivity index (χ3n) is 4.35. The van der Waals surface area contributed by atoms with Crippen molar-refractivity contribution in [3.63, 3.8) is 0 Å². The lowest BCUT2D eigenvalue weighted by atomic mass is 10.00. The average Bonchev–Trinajstić information content (AvgIpc) is 3.04. The van der Waals surface area contributed by atoms with E-state index in [1.54, 1.807) is 6.07 Å². The van der Waals surface area contributed by atoms with Crippen LogP contribution in [-0.2, 0) is 14.3 Å². The summed E-state index contributed by atoms with van der Waals surface area (Å²) in [4.78, 5) is 39.5. The van der Waals surface area contributed by atoms with E-state index in [-0.39, 0.29) is 37.2 Å². The minimum Gasteiger partial charge on any atom is -0.456 e. The van der Waals surface area contributed by atoms with E-state index in [1.165, 1.54) is 11.3 Å². The smallest absolute Gasteiger partial charge is 0.306 e. The molecular weight excluding hydrogens is 326 g/mol. The van der Waals surface area contributed by atoms with Crippen molar-refractivity contribution in [2.24, 2.45) is 0 Å². The van der Waals surface area contributed by atoms with Crippen LogP contribution in [0, 0.1) is 6.92 Å². The SMILES string of the molecule is CCC1CCCCN1C(=O)COC(=O)CCC(=O)c1ccc(C)s1. The van der Waals surface area contributed by atoms with Crippen LogP contribution < -0.4 is 0 Å². The van der Waals surface area contributed by atoms with Gasteiger partial charge in [0.05, 0.1) is 11.3 Å². The Morgan fingerprint density at radius 3 is 2.71 bits per heavy atom. The molecule has 2 heterocycles. The zero-order valence-electron chi connectivity index (χ0n) is 14.4. The lowest BCUT2D eigenvalue weighted by Crippen LogP contribution is -2.45. The molecule has 132 valence electrons. The summed E-state index contributed by atoms with van der Waals surface area (Å²) in [6.07, 6.45) is 4.23. The van der Waals surface area contributed by atoms with Gasteiger partial charge in [0.25, 0.3) is 5.91 Å². The molecule has 6 heteroatoms. The molecule has 24 heavy (non-hydrogen) atoms. The topological polar surface area (TPSA) is 63.7 Å². The maximum absolute atomic E-state index is 12.2. The van der Waals surface area contributed by atoms with Crippen molar-refractivity contribution < 1.29 is 19.1 Å². The van der Waals surface area contributed by atoms with E-state index in [1.807, 2.05) is 17.9 Å². The molecule has 1 saturated heterocycles. The van der Waals surface area contributed by atoms with Crippen molar-refractivity contribution in [1.29, 1.82) is 0 Å². The first-order valence-electron chi connectivity index (χ1n) is 8.56. The van der Waals surface area contributed by atoms with Crippen molar-refractivity contribution >= 4 is 29.0 Å². The molecule has 5 nitrogen and oxygen atoms in total. The summed E-state index contributed by atoms with van der Waals surface area (Å²) < 4.78 is 5.06. The Bertz CT molecular complexity index is 596. The molecule has 1 aromatic heterocycles. The highest BCUT2D eigenvalue weighted by atomic mass is 32.1. The number of thiophene rings is 1. The second-order valence-electron chi connectivity index (χ2n) is 6.14. The summed E-state index contributed by atoms with van der Waals surface area (Å²) in [5.41, 5.74) is 0. The normalized spacial score (nSPS) is 17.6. The molecule has 1 fully saturated rings. The van der Waals surface area contributed by atoms with E-state index in [0.29, 0.717) is 4.88 Å². The Labute approximate surface area is 147 Å². The first kappa shape index (κ1) is 18.6. The number of rotatable bonds is 7. The fraction of sp³-hybridized carbons (Fsp3) is 0.611. The maximum Gasteiger partial charge on any atom is 0.306 e. The van der Waals surface area contributed by atoms with Gasteiger partial charge in [0.2, 0.25) is 0 Å². The van der Waals surface area contributed by atoms with Gasteiger partial charge >= 0.3 is 5.97 Å². The van der Waals surface area contributed by atoms with E-state index in [0.717, 1.165) is 37.1 Å². The Kier molecular flexibility index (Phi) is 6.97. The number of hydrogen-bond acceptors (Lipinski definition) is 5. The molecule has 2 rings (SSSR count). The van der Waals surface area contributed by atoms with E-state index in [4.69, 9.17) is 4.74 Å². The molecule has 0 bridgehead atoms. The number of likely N-dealkylation sites (tertiary alicyclic amines) is 1. The molecule has 0 spiro atoms. The summed E-state index contributed by atoms with van der Waals surface area (Å²) in [6.45, 7) is 4.53. The lowest BCUT2D eigenvalue weighted by molar-refractivity contribution is -0.153. The van der Waals surface area contributed by atoms with Crippen molar-refractivity contribution in [1.82, 2.24) is 4.90 Å². The van der Waals surface area contributed by atoms with Crippen LogP contribution in [0.15, 0.2) is 12.1 Å². The maximum atomic E-state index is 12.2. The van der Waals surface area contributed by atoms with Crippen LogP contribution >= 0.6 is 11.3 Å². The summed E-state index contributed by atoms with van der Waals surface area (Å²) in [5, 5.41) is 0. The fourth-order valence-corrected chi connectivity index (χ4v) is 3.81. The fourth-order valence-electron chi connectivity index (χ4n) is 2.97. The number of amides is 1. The van der Waals surface area contributed by atoms with Gasteiger partial charge in [-0.25, -0.2) is 0 Å². The van der Waals surface area contributed by atoms with Gasteiger partial charge in [0.15, 0.2) is 12.4 Å². The number of esters is 1. The van der Waals surface area contributed by atoms with Crippen LogP contribution in [0.4, 0.5) is 0 Å². The van der Waals surface area contributed by atoms with Gasteiger partial charge in [-0.3, -0.25) is 14.4 Å². The first-order chi connectivity index (χ1) is 11.5. The zero-order valence-corrected chi connectivity index (χ0v) is 15.2. The predicted octanol–water partition coefficient (Wildman–Crippen LogP) is 3.35. The minimum atomic E-state index is -0.491. The molecule has 1 amide bonds. The van der Waals surface area contributed by atoms with E-state index >= 15 is 0 Å². The Hall–Kier alpha value is -1.69. The highest BCUT2D eigenvalue weighted by Crippen LogP contribution is 2.20. The predicted molar refractivity (Wildman–Crippen MR) is 93.2 cm³/mol. The molecular formula is C18H25NO4S. The van der Waals surface area contributed by atoms with Crippen LogP contribution in [0.3, 0.4) is 0 Å². The standard InChI is InChI=1S/C18H25NO4S/c1-3-14-6-4-5-11-19(14)17(21)12-23-18(22)10-8-15(20)16-9-7-13(2)24-16/h7,9,14H,3-6,8,10-12H2,1-2H3. The number of carbonyl (C=O) groups is 3. The molecule has 0 saturated carbocycles. The number of carbonyl (C=O) groups excluding carboxylic acids is 3. The second-order valence-corrected chi connectivity index (χ2v) is 7.43. The monoisotopic (exact) mass is 351 g/mol. The lowest BCUT2D eigenvalue weighted by Gasteiger charge is -2.35. The van der Waals surface area contributed by atoms with Gasteiger partial charge < -0.3 is 9.64 Å². The summed E-state index contributed by atoms with van der Waals surface area (Å²) >= 11 is 1.42. The van der Waals surface area contributed by atoms with Gasteiger partial charge in [-0.1, -0.05) is 6.92 Å². The zero-order chi connectivity index (χ0) is 17.5. The first-order valence-corrected chi connectivity index (χ1v) is 9.37. The molecule has 0 aliphatic carbocycles. The van der Waals surface area contributed by atoms with Crippen LogP contribution in [0.2, 0.25) is 0 Å². The molecule has 1 aliphatic rings. The second kappa shape index (κ2) is 8.97. The van der Waals surface area contributed by atoms with Gasteiger partial charge in [0.1, 0.15) is 0 Å². The van der Waals surface area contributed by atoms with Gasteiger partial charge in [-0.2, -0.15) is 0 Å². The molecule has 1 atom stereocenters. The van der Waals surface area contributed by atoms with Crippen molar-refractivity contribution in [3.8, 4) is 0 Å². The van der Waals surface area contributed by atoms with Crippen molar-refractivity contribution in [2.45, 2.75) is 58.4 Å². The number of hydrogen-bond donors (Lipinski definition) is 0. The number of nitrogens with zero attached hydrogens (tertiary/aromatic N) is 1. The number of aryl methyl sites for hydroxylation is 1. The third-order valence-corrected chi connectivity index (χ3v) is 5.39. The summed E-state index contributed by atoms with van der Waals surface area (Å²) in [5.74, 6) is -0.677. The number of ether oxygens (including phenoxy) is 1. The Morgan fingerprint density at radius 1 is 1.25 bits per heavy atom. The summed E-state index contributed by atoms with van der Waals surface area (Å²) in [7, 11) is 0. The van der Waals surface area contributed by atoms with Crippen LogP contribution in [-0.4, -0.2) is 41.8 Å². The number of piperidine rings is 1. The average molecular weight is 351 g/mol.